The summed E-state index contributed by atoms with van der Waals surface area (Å²) in [5.41, 5.74) is 7.81. The van der Waals surface area contributed by atoms with Crippen LogP contribution in [0.15, 0.2) is 109 Å². The Morgan fingerprint density at radius 3 is 2.12 bits per heavy atom. The molecule has 0 unspecified atom stereocenters. The van der Waals surface area contributed by atoms with E-state index in [9.17, 15) is 0 Å². The van der Waals surface area contributed by atoms with Crippen molar-refractivity contribution >= 4 is 43.7 Å². The van der Waals surface area contributed by atoms with E-state index < -0.39 is 0 Å². The van der Waals surface area contributed by atoms with Gasteiger partial charge in [-0.1, -0.05) is 92.7 Å². The number of nitrogens with one attached hydrogen (secondary N) is 1. The molecule has 0 amide bonds. The second-order valence-electron chi connectivity index (χ2n) is 9.95. The summed E-state index contributed by atoms with van der Waals surface area (Å²) in [6.07, 6.45) is 0. The summed E-state index contributed by atoms with van der Waals surface area (Å²) >= 11 is 0. The molecule has 0 fully saturated rings. The molecule has 1 heteroatoms. The van der Waals surface area contributed by atoms with Gasteiger partial charge < -0.3 is 5.32 Å². The molecule has 1 nitrogen and oxygen atoms in total. The first kappa shape index (κ1) is 19.4. The maximum Gasteiger partial charge on any atom is 0.0543 e. The minimum atomic E-state index is -0.00228. The fourth-order valence-corrected chi connectivity index (χ4v) is 5.81. The number of anilines is 2. The zero-order valence-corrected chi connectivity index (χ0v) is 19.4. The van der Waals surface area contributed by atoms with Gasteiger partial charge in [-0.3, -0.25) is 0 Å². The van der Waals surface area contributed by atoms with Crippen LogP contribution in [0.4, 0.5) is 11.4 Å². The van der Waals surface area contributed by atoms with Crippen LogP contribution in [0.1, 0.15) is 25.0 Å². The van der Waals surface area contributed by atoms with Crippen molar-refractivity contribution in [2.24, 2.45) is 0 Å². The summed E-state index contributed by atoms with van der Waals surface area (Å²) < 4.78 is 0. The highest BCUT2D eigenvalue weighted by Gasteiger charge is 2.35. The SMILES string of the molecule is CC1(C)c2ccccc2-c2cc3c(Nc4ccc5ccccc5c4)c4ccccc4cc3cc21. The number of hydrogen-bond donors (Lipinski definition) is 1. The molecule has 0 radical (unpaired) electrons. The lowest BCUT2D eigenvalue weighted by Crippen LogP contribution is -2.14. The Kier molecular flexibility index (Phi) is 3.96. The number of benzene rings is 6. The van der Waals surface area contributed by atoms with Crippen molar-refractivity contribution in [1.29, 1.82) is 0 Å². The summed E-state index contributed by atoms with van der Waals surface area (Å²) in [6.45, 7) is 4.69. The van der Waals surface area contributed by atoms with Crippen LogP contribution in [0.2, 0.25) is 0 Å². The maximum absolute atomic E-state index is 3.82. The molecule has 0 bridgehead atoms. The van der Waals surface area contributed by atoms with Crippen molar-refractivity contribution in [1.82, 2.24) is 0 Å². The molecule has 6 aromatic rings. The van der Waals surface area contributed by atoms with Crippen LogP contribution >= 0.6 is 0 Å². The van der Waals surface area contributed by atoms with Crippen molar-refractivity contribution < 1.29 is 0 Å². The van der Waals surface area contributed by atoms with E-state index in [1.54, 1.807) is 0 Å². The molecule has 0 saturated heterocycles. The van der Waals surface area contributed by atoms with Crippen LogP contribution in [-0.2, 0) is 5.41 Å². The summed E-state index contributed by atoms with van der Waals surface area (Å²) in [5, 5.41) is 11.4. The molecule has 0 aromatic heterocycles. The van der Waals surface area contributed by atoms with Gasteiger partial charge >= 0.3 is 0 Å². The largest absolute Gasteiger partial charge is 0.354 e. The van der Waals surface area contributed by atoms with Crippen LogP contribution in [0.5, 0.6) is 0 Å². The normalized spacial score (nSPS) is 13.8. The first-order chi connectivity index (χ1) is 16.6. The van der Waals surface area contributed by atoms with E-state index in [2.05, 4.69) is 128 Å². The van der Waals surface area contributed by atoms with Crippen molar-refractivity contribution in [3.8, 4) is 11.1 Å². The zero-order valence-electron chi connectivity index (χ0n) is 19.4. The van der Waals surface area contributed by atoms with Gasteiger partial charge in [0.2, 0.25) is 0 Å². The second-order valence-corrected chi connectivity index (χ2v) is 9.95. The lowest BCUT2D eigenvalue weighted by molar-refractivity contribution is 0.661. The first-order valence-electron chi connectivity index (χ1n) is 12.0. The highest BCUT2D eigenvalue weighted by molar-refractivity contribution is 6.14. The van der Waals surface area contributed by atoms with Crippen LogP contribution < -0.4 is 5.32 Å². The summed E-state index contributed by atoms with van der Waals surface area (Å²) in [6, 6.07) is 39.9. The molecular formula is C33H25N. The fourth-order valence-electron chi connectivity index (χ4n) is 5.81. The fraction of sp³-hybridized carbons (Fsp3) is 0.0909. The lowest BCUT2D eigenvalue weighted by Gasteiger charge is -2.22. The Morgan fingerprint density at radius 2 is 1.24 bits per heavy atom. The molecule has 6 aromatic carbocycles. The number of hydrogen-bond acceptors (Lipinski definition) is 1. The van der Waals surface area contributed by atoms with Crippen molar-refractivity contribution in [3.05, 3.63) is 120 Å². The van der Waals surface area contributed by atoms with Gasteiger partial charge in [-0.2, -0.15) is 0 Å². The number of rotatable bonds is 2. The third-order valence-electron chi connectivity index (χ3n) is 7.58. The van der Waals surface area contributed by atoms with Gasteiger partial charge in [0.15, 0.2) is 0 Å². The third-order valence-corrected chi connectivity index (χ3v) is 7.58. The quantitative estimate of drug-likeness (QED) is 0.267. The van der Waals surface area contributed by atoms with E-state index in [4.69, 9.17) is 0 Å². The molecule has 0 atom stereocenters. The topological polar surface area (TPSA) is 12.0 Å². The molecule has 34 heavy (non-hydrogen) atoms. The van der Waals surface area contributed by atoms with E-state index in [1.165, 1.54) is 60.3 Å². The smallest absolute Gasteiger partial charge is 0.0543 e. The van der Waals surface area contributed by atoms with E-state index in [-0.39, 0.29) is 5.41 Å². The monoisotopic (exact) mass is 435 g/mol. The first-order valence-corrected chi connectivity index (χ1v) is 12.0. The molecule has 1 N–H and O–H groups in total. The minimum absolute atomic E-state index is 0.00228. The maximum atomic E-state index is 3.82. The standard InChI is InChI=1S/C33H25N/c1-33(2)30-14-8-7-13-27(30)29-20-28-24(19-31(29)33)17-23-11-5-6-12-26(23)32(28)34-25-16-15-21-9-3-4-10-22(21)18-25/h3-20,34H,1-2H3. The molecule has 1 aliphatic carbocycles. The molecular weight excluding hydrogens is 410 g/mol. The molecule has 0 spiro atoms. The molecule has 1 aliphatic rings. The van der Waals surface area contributed by atoms with Gasteiger partial charge in [0.1, 0.15) is 0 Å². The van der Waals surface area contributed by atoms with Gasteiger partial charge in [0, 0.05) is 21.9 Å². The Balaban J connectivity index is 1.51. The van der Waals surface area contributed by atoms with Gasteiger partial charge in [-0.05, 0) is 74.1 Å². The highest BCUT2D eigenvalue weighted by Crippen LogP contribution is 2.51. The number of fused-ring (bicyclic) bond motifs is 6. The Labute approximate surface area is 199 Å². The molecule has 7 rings (SSSR count). The van der Waals surface area contributed by atoms with Crippen LogP contribution in [0.3, 0.4) is 0 Å². The Morgan fingerprint density at radius 1 is 0.500 bits per heavy atom. The van der Waals surface area contributed by atoms with E-state index in [0.717, 1.165) is 5.69 Å². The summed E-state index contributed by atoms with van der Waals surface area (Å²) in [7, 11) is 0. The van der Waals surface area contributed by atoms with Gasteiger partial charge in [0.05, 0.1) is 5.69 Å². The van der Waals surface area contributed by atoms with Gasteiger partial charge in [-0.25, -0.2) is 0 Å². The molecule has 0 saturated carbocycles. The molecule has 0 aliphatic heterocycles. The average molecular weight is 436 g/mol. The molecule has 162 valence electrons. The van der Waals surface area contributed by atoms with Crippen LogP contribution in [0.25, 0.3) is 43.4 Å². The summed E-state index contributed by atoms with van der Waals surface area (Å²) in [5.74, 6) is 0. The predicted molar refractivity (Wildman–Crippen MR) is 146 cm³/mol. The minimum Gasteiger partial charge on any atom is -0.354 e. The van der Waals surface area contributed by atoms with E-state index >= 15 is 0 Å². The van der Waals surface area contributed by atoms with Crippen LogP contribution in [0, 0.1) is 0 Å². The van der Waals surface area contributed by atoms with Gasteiger partial charge in [0.25, 0.3) is 0 Å². The zero-order chi connectivity index (χ0) is 22.9. The lowest BCUT2D eigenvalue weighted by atomic mass is 9.81. The summed E-state index contributed by atoms with van der Waals surface area (Å²) in [4.78, 5) is 0. The van der Waals surface area contributed by atoms with Crippen LogP contribution in [-0.4, -0.2) is 0 Å². The Hall–Kier alpha value is -4.10. The van der Waals surface area contributed by atoms with Crippen molar-refractivity contribution in [2.75, 3.05) is 5.32 Å². The van der Waals surface area contributed by atoms with Gasteiger partial charge in [-0.15, -0.1) is 0 Å². The molecule has 0 heterocycles. The third kappa shape index (κ3) is 2.74. The second kappa shape index (κ2) is 6.95. The highest BCUT2D eigenvalue weighted by atomic mass is 14.9. The average Bonchev–Trinajstić information content (AvgIpc) is 3.09. The van der Waals surface area contributed by atoms with Crippen molar-refractivity contribution in [2.45, 2.75) is 19.3 Å². The van der Waals surface area contributed by atoms with E-state index in [0.29, 0.717) is 0 Å². The van der Waals surface area contributed by atoms with Crippen molar-refractivity contribution in [3.63, 3.8) is 0 Å². The Bertz CT molecular complexity index is 1760. The van der Waals surface area contributed by atoms with E-state index in [1.807, 2.05) is 0 Å². The predicted octanol–water partition coefficient (Wildman–Crippen LogP) is 9.20.